The molecular weight excluding hydrogens is 366 g/mol. The Labute approximate surface area is 172 Å². The van der Waals surface area contributed by atoms with E-state index in [1.165, 1.54) is 0 Å². The van der Waals surface area contributed by atoms with Gasteiger partial charge in [0.05, 0.1) is 0 Å². The van der Waals surface area contributed by atoms with Crippen LogP contribution in [0.1, 0.15) is 43.7 Å². The number of carbonyl (C=O) groups is 2. The van der Waals surface area contributed by atoms with Crippen molar-refractivity contribution >= 4 is 17.7 Å². The summed E-state index contributed by atoms with van der Waals surface area (Å²) in [5, 5.41) is 2.72. The van der Waals surface area contributed by atoms with Gasteiger partial charge in [0.1, 0.15) is 6.61 Å². The van der Waals surface area contributed by atoms with E-state index >= 15 is 0 Å². The molecule has 1 fully saturated rings. The van der Waals surface area contributed by atoms with Crippen LogP contribution in [0.25, 0.3) is 0 Å². The lowest BCUT2D eigenvalue weighted by atomic mass is 9.89. The first kappa shape index (κ1) is 20.9. The first-order valence-corrected chi connectivity index (χ1v) is 10.1. The molecule has 6 nitrogen and oxygen atoms in total. The maximum Gasteiger partial charge on any atom is 0.411 e. The van der Waals surface area contributed by atoms with Gasteiger partial charge in [-0.05, 0) is 36.1 Å². The molecule has 2 unspecified atom stereocenters. The van der Waals surface area contributed by atoms with Crippen LogP contribution in [0.15, 0.2) is 54.6 Å². The third kappa shape index (κ3) is 6.06. The van der Waals surface area contributed by atoms with Crippen LogP contribution in [-0.2, 0) is 22.7 Å². The Morgan fingerprint density at radius 2 is 1.72 bits per heavy atom. The minimum atomic E-state index is -0.500. The zero-order chi connectivity index (χ0) is 20.6. The van der Waals surface area contributed by atoms with Gasteiger partial charge in [-0.2, -0.15) is 0 Å². The van der Waals surface area contributed by atoms with Crippen molar-refractivity contribution < 1.29 is 14.3 Å². The molecule has 2 atom stereocenters. The minimum absolute atomic E-state index is 0.0352. The molecule has 3 N–H and O–H groups in total. The van der Waals surface area contributed by atoms with E-state index < -0.39 is 6.09 Å². The number of ether oxygens (including phenoxy) is 1. The van der Waals surface area contributed by atoms with E-state index in [2.05, 4.69) is 5.32 Å². The van der Waals surface area contributed by atoms with Gasteiger partial charge in [-0.3, -0.25) is 10.1 Å². The van der Waals surface area contributed by atoms with Gasteiger partial charge in [0.2, 0.25) is 5.91 Å². The SMILES string of the molecule is CC(=O)N(Cc1ccc(NC(=O)OCc2ccccc2)cc1)C1CCCCC1N. The van der Waals surface area contributed by atoms with Gasteiger partial charge >= 0.3 is 6.09 Å². The molecule has 2 aromatic carbocycles. The molecule has 1 aliphatic rings. The number of nitrogens with two attached hydrogens (primary N) is 1. The van der Waals surface area contributed by atoms with Crippen molar-refractivity contribution in [1.82, 2.24) is 4.90 Å². The van der Waals surface area contributed by atoms with Gasteiger partial charge < -0.3 is 15.4 Å². The molecule has 2 amide bonds. The monoisotopic (exact) mass is 395 g/mol. The third-order valence-corrected chi connectivity index (χ3v) is 5.35. The summed E-state index contributed by atoms with van der Waals surface area (Å²) >= 11 is 0. The van der Waals surface area contributed by atoms with Crippen LogP contribution in [0.5, 0.6) is 0 Å². The predicted molar refractivity (Wildman–Crippen MR) is 113 cm³/mol. The zero-order valence-corrected chi connectivity index (χ0v) is 16.8. The van der Waals surface area contributed by atoms with Gasteiger partial charge in [0.15, 0.2) is 0 Å². The molecule has 0 heterocycles. The van der Waals surface area contributed by atoms with E-state index in [0.29, 0.717) is 12.2 Å². The van der Waals surface area contributed by atoms with E-state index in [9.17, 15) is 9.59 Å². The fourth-order valence-electron chi connectivity index (χ4n) is 3.76. The van der Waals surface area contributed by atoms with E-state index in [1.807, 2.05) is 59.5 Å². The number of hydrogen-bond donors (Lipinski definition) is 2. The molecule has 1 saturated carbocycles. The lowest BCUT2D eigenvalue weighted by Crippen LogP contribution is -2.50. The molecule has 0 radical (unpaired) electrons. The number of nitrogens with one attached hydrogen (secondary N) is 1. The molecule has 0 bridgehead atoms. The molecule has 0 spiro atoms. The van der Waals surface area contributed by atoms with Gasteiger partial charge in [0, 0.05) is 31.2 Å². The average molecular weight is 396 g/mol. The average Bonchev–Trinajstić information content (AvgIpc) is 2.73. The van der Waals surface area contributed by atoms with Crippen molar-refractivity contribution in [2.24, 2.45) is 5.73 Å². The molecule has 0 aliphatic heterocycles. The number of carbonyl (C=O) groups excluding carboxylic acids is 2. The van der Waals surface area contributed by atoms with Crippen molar-refractivity contribution in [3.8, 4) is 0 Å². The Kier molecular flexibility index (Phi) is 7.25. The highest BCUT2D eigenvalue weighted by atomic mass is 16.5. The summed E-state index contributed by atoms with van der Waals surface area (Å²) < 4.78 is 5.23. The van der Waals surface area contributed by atoms with Crippen LogP contribution in [-0.4, -0.2) is 29.0 Å². The van der Waals surface area contributed by atoms with E-state index in [-0.39, 0.29) is 24.6 Å². The second kappa shape index (κ2) is 10.1. The number of rotatable bonds is 6. The Morgan fingerprint density at radius 1 is 1.03 bits per heavy atom. The van der Waals surface area contributed by atoms with Crippen molar-refractivity contribution in [3.05, 3.63) is 65.7 Å². The largest absolute Gasteiger partial charge is 0.444 e. The highest BCUT2D eigenvalue weighted by Crippen LogP contribution is 2.24. The first-order chi connectivity index (χ1) is 14.0. The maximum absolute atomic E-state index is 12.2. The van der Waals surface area contributed by atoms with Gasteiger partial charge in [0.25, 0.3) is 0 Å². The number of nitrogens with zero attached hydrogens (tertiary/aromatic N) is 1. The van der Waals surface area contributed by atoms with Crippen LogP contribution >= 0.6 is 0 Å². The lowest BCUT2D eigenvalue weighted by molar-refractivity contribution is -0.133. The Balaban J connectivity index is 1.54. The summed E-state index contributed by atoms with van der Waals surface area (Å²) in [6, 6.07) is 17.1. The molecule has 1 aliphatic carbocycles. The summed E-state index contributed by atoms with van der Waals surface area (Å²) in [6.07, 6.45) is 3.65. The molecule has 29 heavy (non-hydrogen) atoms. The van der Waals surface area contributed by atoms with Crippen LogP contribution in [0.2, 0.25) is 0 Å². The molecule has 2 aromatic rings. The van der Waals surface area contributed by atoms with Crippen molar-refractivity contribution in [1.29, 1.82) is 0 Å². The topological polar surface area (TPSA) is 84.7 Å². The van der Waals surface area contributed by atoms with Crippen LogP contribution in [0.3, 0.4) is 0 Å². The van der Waals surface area contributed by atoms with E-state index in [4.69, 9.17) is 10.5 Å². The number of anilines is 1. The summed E-state index contributed by atoms with van der Waals surface area (Å²) in [5.74, 6) is 0.0408. The summed E-state index contributed by atoms with van der Waals surface area (Å²) in [4.78, 5) is 26.0. The summed E-state index contributed by atoms with van der Waals surface area (Å²) in [6.45, 7) is 2.34. The van der Waals surface area contributed by atoms with Gasteiger partial charge in [-0.15, -0.1) is 0 Å². The molecular formula is C23H29N3O3. The van der Waals surface area contributed by atoms with E-state index in [1.54, 1.807) is 6.92 Å². The normalized spacial score (nSPS) is 18.7. The predicted octanol–water partition coefficient (Wildman–Crippen LogP) is 4.05. The van der Waals surface area contributed by atoms with Gasteiger partial charge in [-0.1, -0.05) is 55.3 Å². The summed E-state index contributed by atoms with van der Waals surface area (Å²) in [7, 11) is 0. The molecule has 0 saturated heterocycles. The summed E-state index contributed by atoms with van der Waals surface area (Å²) in [5.41, 5.74) is 8.85. The van der Waals surface area contributed by atoms with Crippen molar-refractivity contribution in [2.45, 2.75) is 57.8 Å². The Bertz CT molecular complexity index is 808. The van der Waals surface area contributed by atoms with Crippen molar-refractivity contribution in [3.63, 3.8) is 0 Å². The van der Waals surface area contributed by atoms with Crippen LogP contribution in [0.4, 0.5) is 10.5 Å². The fraction of sp³-hybridized carbons (Fsp3) is 0.391. The van der Waals surface area contributed by atoms with Crippen LogP contribution in [0, 0.1) is 0 Å². The fourth-order valence-corrected chi connectivity index (χ4v) is 3.76. The number of benzene rings is 2. The first-order valence-electron chi connectivity index (χ1n) is 10.1. The molecule has 154 valence electrons. The van der Waals surface area contributed by atoms with Gasteiger partial charge in [-0.25, -0.2) is 4.79 Å². The maximum atomic E-state index is 12.2. The van der Waals surface area contributed by atoms with Crippen LogP contribution < -0.4 is 11.1 Å². The second-order valence-electron chi connectivity index (χ2n) is 7.55. The van der Waals surface area contributed by atoms with Crippen molar-refractivity contribution in [2.75, 3.05) is 5.32 Å². The molecule has 0 aromatic heterocycles. The Morgan fingerprint density at radius 3 is 2.38 bits per heavy atom. The molecule has 3 rings (SSSR count). The third-order valence-electron chi connectivity index (χ3n) is 5.35. The minimum Gasteiger partial charge on any atom is -0.444 e. The quantitative estimate of drug-likeness (QED) is 0.773. The highest BCUT2D eigenvalue weighted by Gasteiger charge is 2.29. The standard InChI is InChI=1S/C23H29N3O3/c1-17(27)26(22-10-6-5-9-21(22)24)15-18-11-13-20(14-12-18)25-23(28)29-16-19-7-3-2-4-8-19/h2-4,7-8,11-14,21-22H,5-6,9-10,15-16,24H2,1H3,(H,25,28). The highest BCUT2D eigenvalue weighted by molar-refractivity contribution is 5.84. The van der Waals surface area contributed by atoms with E-state index in [0.717, 1.165) is 36.8 Å². The number of hydrogen-bond acceptors (Lipinski definition) is 4. The lowest BCUT2D eigenvalue weighted by Gasteiger charge is -2.38. The zero-order valence-electron chi connectivity index (χ0n) is 16.8. The Hall–Kier alpha value is -2.86. The molecule has 6 heteroatoms. The number of amides is 2. The smallest absolute Gasteiger partial charge is 0.411 e. The second-order valence-corrected chi connectivity index (χ2v) is 7.55.